The molecule has 2 heterocycles. The van der Waals surface area contributed by atoms with Crippen molar-refractivity contribution in [2.45, 2.75) is 26.8 Å². The van der Waals surface area contributed by atoms with Gasteiger partial charge in [-0.1, -0.05) is 25.2 Å². The highest BCUT2D eigenvalue weighted by molar-refractivity contribution is 7.15. The Hall–Kier alpha value is -1.43. The van der Waals surface area contributed by atoms with E-state index < -0.39 is 0 Å². The van der Waals surface area contributed by atoms with Gasteiger partial charge in [-0.05, 0) is 5.92 Å². The Kier molecular flexibility index (Phi) is 3.51. The van der Waals surface area contributed by atoms with Gasteiger partial charge in [0.2, 0.25) is 5.13 Å². The Morgan fingerprint density at radius 3 is 3.00 bits per heavy atom. The standard InChI is InChI=1S/C10H15N5S/c1-7(2)5-9-14-15-10(16-9)13-6-8-11-3-4-12-8/h3-4,7H,5-6H2,1-2H3,(H,11,12)(H,13,15). The first-order valence-electron chi connectivity index (χ1n) is 5.28. The maximum Gasteiger partial charge on any atom is 0.206 e. The van der Waals surface area contributed by atoms with E-state index in [2.05, 4.69) is 39.3 Å². The molecule has 16 heavy (non-hydrogen) atoms. The first kappa shape index (κ1) is 11.1. The van der Waals surface area contributed by atoms with E-state index in [1.54, 1.807) is 23.7 Å². The summed E-state index contributed by atoms with van der Waals surface area (Å²) in [4.78, 5) is 7.15. The topological polar surface area (TPSA) is 66.5 Å². The van der Waals surface area contributed by atoms with Crippen LogP contribution in [-0.4, -0.2) is 20.2 Å². The first-order chi connectivity index (χ1) is 7.74. The number of H-pyrrole nitrogens is 1. The van der Waals surface area contributed by atoms with Gasteiger partial charge in [0.1, 0.15) is 10.8 Å². The second kappa shape index (κ2) is 5.07. The number of imidazole rings is 1. The van der Waals surface area contributed by atoms with E-state index >= 15 is 0 Å². The molecule has 0 saturated heterocycles. The van der Waals surface area contributed by atoms with E-state index in [4.69, 9.17) is 0 Å². The van der Waals surface area contributed by atoms with Crippen molar-refractivity contribution in [1.82, 2.24) is 20.2 Å². The van der Waals surface area contributed by atoms with Crippen LogP contribution >= 0.6 is 11.3 Å². The van der Waals surface area contributed by atoms with Gasteiger partial charge in [0.15, 0.2) is 0 Å². The van der Waals surface area contributed by atoms with Crippen molar-refractivity contribution >= 4 is 16.5 Å². The predicted molar refractivity (Wildman–Crippen MR) is 64.4 cm³/mol. The summed E-state index contributed by atoms with van der Waals surface area (Å²) in [6.07, 6.45) is 4.53. The number of aromatic nitrogens is 4. The van der Waals surface area contributed by atoms with Gasteiger partial charge in [-0.25, -0.2) is 4.98 Å². The van der Waals surface area contributed by atoms with Crippen LogP contribution in [0, 0.1) is 5.92 Å². The monoisotopic (exact) mass is 237 g/mol. The van der Waals surface area contributed by atoms with E-state index in [0.717, 1.165) is 22.4 Å². The third-order valence-corrected chi connectivity index (χ3v) is 2.91. The quantitative estimate of drug-likeness (QED) is 0.835. The van der Waals surface area contributed by atoms with Crippen molar-refractivity contribution < 1.29 is 0 Å². The molecule has 0 aliphatic carbocycles. The largest absolute Gasteiger partial charge is 0.353 e. The minimum absolute atomic E-state index is 0.617. The molecule has 0 bridgehead atoms. The summed E-state index contributed by atoms with van der Waals surface area (Å²) in [7, 11) is 0. The Morgan fingerprint density at radius 1 is 1.44 bits per heavy atom. The summed E-state index contributed by atoms with van der Waals surface area (Å²) in [6.45, 7) is 5.01. The van der Waals surface area contributed by atoms with Gasteiger partial charge < -0.3 is 10.3 Å². The summed E-state index contributed by atoms with van der Waals surface area (Å²) < 4.78 is 0. The summed E-state index contributed by atoms with van der Waals surface area (Å²) >= 11 is 1.61. The molecule has 0 spiro atoms. The fraction of sp³-hybridized carbons (Fsp3) is 0.500. The minimum atomic E-state index is 0.617. The van der Waals surface area contributed by atoms with Crippen LogP contribution in [0.4, 0.5) is 5.13 Å². The maximum atomic E-state index is 4.13. The highest BCUT2D eigenvalue weighted by Crippen LogP contribution is 2.18. The van der Waals surface area contributed by atoms with Crippen molar-refractivity contribution in [1.29, 1.82) is 0 Å². The second-order valence-corrected chi connectivity index (χ2v) is 5.05. The predicted octanol–water partition coefficient (Wildman–Crippen LogP) is 2.07. The van der Waals surface area contributed by atoms with Crippen LogP contribution in [0.15, 0.2) is 12.4 Å². The molecule has 0 radical (unpaired) electrons. The molecule has 6 heteroatoms. The van der Waals surface area contributed by atoms with Gasteiger partial charge in [0.25, 0.3) is 0 Å². The lowest BCUT2D eigenvalue weighted by atomic mass is 10.1. The Morgan fingerprint density at radius 2 is 2.31 bits per heavy atom. The van der Waals surface area contributed by atoms with Crippen molar-refractivity contribution in [3.8, 4) is 0 Å². The molecule has 86 valence electrons. The molecule has 0 atom stereocenters. The Labute approximate surface area is 98.3 Å². The molecule has 0 aromatic carbocycles. The van der Waals surface area contributed by atoms with E-state index in [1.807, 2.05) is 0 Å². The Bertz CT molecular complexity index is 420. The Balaban J connectivity index is 1.88. The van der Waals surface area contributed by atoms with Crippen LogP contribution in [0.2, 0.25) is 0 Å². The second-order valence-electron chi connectivity index (χ2n) is 3.99. The number of hydrogen-bond donors (Lipinski definition) is 2. The molecule has 5 nitrogen and oxygen atoms in total. The van der Waals surface area contributed by atoms with Crippen molar-refractivity contribution in [3.63, 3.8) is 0 Å². The summed E-state index contributed by atoms with van der Waals surface area (Å²) in [5, 5.41) is 13.3. The zero-order valence-electron chi connectivity index (χ0n) is 9.40. The normalized spacial score (nSPS) is 10.9. The van der Waals surface area contributed by atoms with Gasteiger partial charge in [-0.2, -0.15) is 0 Å². The summed E-state index contributed by atoms with van der Waals surface area (Å²) in [5.74, 6) is 1.52. The molecular weight excluding hydrogens is 222 g/mol. The van der Waals surface area contributed by atoms with Crippen molar-refractivity contribution in [3.05, 3.63) is 23.2 Å². The van der Waals surface area contributed by atoms with Crippen molar-refractivity contribution in [2.24, 2.45) is 5.92 Å². The van der Waals surface area contributed by atoms with Gasteiger partial charge in [-0.15, -0.1) is 10.2 Å². The van der Waals surface area contributed by atoms with Gasteiger partial charge in [0.05, 0.1) is 6.54 Å². The molecule has 2 rings (SSSR count). The van der Waals surface area contributed by atoms with Crippen LogP contribution in [0.1, 0.15) is 24.7 Å². The number of nitrogens with one attached hydrogen (secondary N) is 2. The molecule has 0 saturated carbocycles. The number of rotatable bonds is 5. The van der Waals surface area contributed by atoms with E-state index in [-0.39, 0.29) is 0 Å². The van der Waals surface area contributed by atoms with Crippen LogP contribution in [0.5, 0.6) is 0 Å². The lowest BCUT2D eigenvalue weighted by Crippen LogP contribution is -2.00. The molecule has 0 amide bonds. The maximum absolute atomic E-state index is 4.13. The van der Waals surface area contributed by atoms with Crippen LogP contribution in [-0.2, 0) is 13.0 Å². The SMILES string of the molecule is CC(C)Cc1nnc(NCc2ncc[nH]2)s1. The van der Waals surface area contributed by atoms with Gasteiger partial charge in [0, 0.05) is 18.8 Å². The molecule has 2 aromatic rings. The van der Waals surface area contributed by atoms with E-state index in [9.17, 15) is 0 Å². The lowest BCUT2D eigenvalue weighted by Gasteiger charge is -1.98. The van der Waals surface area contributed by atoms with Gasteiger partial charge in [-0.3, -0.25) is 0 Å². The molecule has 0 aliphatic heterocycles. The number of anilines is 1. The third-order valence-electron chi connectivity index (χ3n) is 2.01. The first-order valence-corrected chi connectivity index (χ1v) is 6.10. The van der Waals surface area contributed by atoms with Crippen LogP contribution in [0.3, 0.4) is 0 Å². The summed E-state index contributed by atoms with van der Waals surface area (Å²) in [5.41, 5.74) is 0. The summed E-state index contributed by atoms with van der Waals surface area (Å²) in [6, 6.07) is 0. The molecule has 0 fully saturated rings. The van der Waals surface area contributed by atoms with E-state index in [0.29, 0.717) is 12.5 Å². The third kappa shape index (κ3) is 3.03. The van der Waals surface area contributed by atoms with Crippen LogP contribution < -0.4 is 5.32 Å². The smallest absolute Gasteiger partial charge is 0.206 e. The fourth-order valence-electron chi connectivity index (χ4n) is 1.31. The molecule has 2 aromatic heterocycles. The van der Waals surface area contributed by atoms with Crippen molar-refractivity contribution in [2.75, 3.05) is 5.32 Å². The molecule has 0 unspecified atom stereocenters. The fourth-order valence-corrected chi connectivity index (χ4v) is 2.26. The molecule has 0 aliphatic rings. The lowest BCUT2D eigenvalue weighted by molar-refractivity contribution is 0.640. The minimum Gasteiger partial charge on any atom is -0.353 e. The molecule has 2 N–H and O–H groups in total. The molecular formula is C10H15N5S. The average molecular weight is 237 g/mol. The number of aromatic amines is 1. The number of hydrogen-bond acceptors (Lipinski definition) is 5. The zero-order valence-corrected chi connectivity index (χ0v) is 10.2. The highest BCUT2D eigenvalue weighted by Gasteiger charge is 2.06. The highest BCUT2D eigenvalue weighted by atomic mass is 32.1. The van der Waals surface area contributed by atoms with Crippen LogP contribution in [0.25, 0.3) is 0 Å². The number of nitrogens with zero attached hydrogens (tertiary/aromatic N) is 3. The van der Waals surface area contributed by atoms with Gasteiger partial charge >= 0.3 is 0 Å². The zero-order chi connectivity index (χ0) is 11.4. The average Bonchev–Trinajstić information content (AvgIpc) is 2.84. The van der Waals surface area contributed by atoms with E-state index in [1.165, 1.54) is 0 Å².